The van der Waals surface area contributed by atoms with E-state index in [0.717, 1.165) is 11.6 Å². The second-order valence-electron chi connectivity index (χ2n) is 5.38. The summed E-state index contributed by atoms with van der Waals surface area (Å²) in [7, 11) is 0. The SMILES string of the molecule is O=C(CO/N=C/c1ccc(Oc2ncccn2)cc1)Nc1ccc(F)cc1Cl. The van der Waals surface area contributed by atoms with Crippen molar-refractivity contribution in [2.45, 2.75) is 0 Å². The summed E-state index contributed by atoms with van der Waals surface area (Å²) in [5.41, 5.74) is 1.03. The predicted octanol–water partition coefficient (Wildman–Crippen LogP) is 4.05. The molecule has 3 rings (SSSR count). The number of ether oxygens (including phenoxy) is 1. The standard InChI is InChI=1S/C19H14ClFN4O3/c20-16-10-14(21)4-7-17(16)25-18(26)12-27-24-11-13-2-5-15(6-3-13)28-19-22-8-1-9-23-19/h1-11H,12H2,(H,25,26)/b24-11+. The lowest BCUT2D eigenvalue weighted by molar-refractivity contribution is -0.120. The average Bonchev–Trinajstić information content (AvgIpc) is 2.69. The first kappa shape index (κ1) is 19.2. The molecule has 7 nitrogen and oxygen atoms in total. The van der Waals surface area contributed by atoms with Crippen LogP contribution in [0.4, 0.5) is 10.1 Å². The van der Waals surface area contributed by atoms with E-state index in [1.165, 1.54) is 18.3 Å². The Morgan fingerprint density at radius 1 is 1.18 bits per heavy atom. The number of anilines is 1. The van der Waals surface area contributed by atoms with Crippen LogP contribution in [-0.2, 0) is 9.63 Å². The fraction of sp³-hybridized carbons (Fsp3) is 0.0526. The highest BCUT2D eigenvalue weighted by molar-refractivity contribution is 6.33. The maximum atomic E-state index is 13.0. The molecule has 0 spiro atoms. The summed E-state index contributed by atoms with van der Waals surface area (Å²) in [5.74, 6) is -0.395. The van der Waals surface area contributed by atoms with Gasteiger partial charge in [-0.05, 0) is 54.1 Å². The molecule has 28 heavy (non-hydrogen) atoms. The molecule has 0 bridgehead atoms. The van der Waals surface area contributed by atoms with Crippen molar-refractivity contribution in [3.8, 4) is 11.8 Å². The molecule has 9 heteroatoms. The zero-order valence-electron chi connectivity index (χ0n) is 14.4. The Hall–Kier alpha value is -3.52. The van der Waals surface area contributed by atoms with Crippen molar-refractivity contribution in [1.29, 1.82) is 0 Å². The van der Waals surface area contributed by atoms with Crippen LogP contribution in [0, 0.1) is 5.82 Å². The molecular formula is C19H14ClFN4O3. The molecule has 1 amide bonds. The van der Waals surface area contributed by atoms with Crippen molar-refractivity contribution in [1.82, 2.24) is 9.97 Å². The first-order valence-corrected chi connectivity index (χ1v) is 8.43. The van der Waals surface area contributed by atoms with Crippen molar-refractivity contribution in [3.05, 3.63) is 77.3 Å². The van der Waals surface area contributed by atoms with Crippen LogP contribution in [0.15, 0.2) is 66.1 Å². The maximum Gasteiger partial charge on any atom is 0.321 e. The number of carbonyl (C=O) groups excluding carboxylic acids is 1. The Bertz CT molecular complexity index is 969. The number of hydrogen-bond acceptors (Lipinski definition) is 6. The lowest BCUT2D eigenvalue weighted by Gasteiger charge is -2.06. The quantitative estimate of drug-likeness (QED) is 0.477. The Morgan fingerprint density at radius 2 is 1.93 bits per heavy atom. The van der Waals surface area contributed by atoms with Gasteiger partial charge in [-0.25, -0.2) is 14.4 Å². The van der Waals surface area contributed by atoms with Gasteiger partial charge < -0.3 is 14.9 Å². The normalized spacial score (nSPS) is 10.6. The minimum atomic E-state index is -0.489. The fourth-order valence-electron chi connectivity index (χ4n) is 2.04. The number of hydrogen-bond donors (Lipinski definition) is 1. The van der Waals surface area contributed by atoms with E-state index in [2.05, 4.69) is 20.4 Å². The van der Waals surface area contributed by atoms with E-state index in [1.807, 2.05) is 0 Å². The third kappa shape index (κ3) is 5.75. The van der Waals surface area contributed by atoms with Crippen LogP contribution in [0.25, 0.3) is 0 Å². The van der Waals surface area contributed by atoms with Gasteiger partial charge in [0.25, 0.3) is 5.91 Å². The van der Waals surface area contributed by atoms with E-state index >= 15 is 0 Å². The van der Waals surface area contributed by atoms with E-state index in [-0.39, 0.29) is 17.6 Å². The monoisotopic (exact) mass is 400 g/mol. The number of amides is 1. The minimum absolute atomic E-state index is 0.0973. The molecular weight excluding hydrogens is 387 g/mol. The molecule has 1 heterocycles. The van der Waals surface area contributed by atoms with Crippen molar-refractivity contribution in [3.63, 3.8) is 0 Å². The highest BCUT2D eigenvalue weighted by Crippen LogP contribution is 2.22. The van der Waals surface area contributed by atoms with E-state index in [9.17, 15) is 9.18 Å². The van der Waals surface area contributed by atoms with E-state index in [1.54, 1.807) is 42.7 Å². The highest BCUT2D eigenvalue weighted by atomic mass is 35.5. The van der Waals surface area contributed by atoms with Crippen molar-refractivity contribution >= 4 is 29.4 Å². The molecule has 0 aliphatic carbocycles. The summed E-state index contributed by atoms with van der Waals surface area (Å²) < 4.78 is 18.5. The Labute approximate surface area is 164 Å². The van der Waals surface area contributed by atoms with E-state index in [4.69, 9.17) is 21.2 Å². The minimum Gasteiger partial charge on any atom is -0.424 e. The van der Waals surface area contributed by atoms with Crippen LogP contribution in [0.3, 0.4) is 0 Å². The molecule has 0 fully saturated rings. The van der Waals surface area contributed by atoms with Gasteiger partial charge in [-0.2, -0.15) is 0 Å². The zero-order chi connectivity index (χ0) is 19.8. The van der Waals surface area contributed by atoms with Gasteiger partial charge in [0.05, 0.1) is 16.9 Å². The first-order chi connectivity index (χ1) is 13.6. The first-order valence-electron chi connectivity index (χ1n) is 8.05. The third-order valence-corrected chi connectivity index (χ3v) is 3.62. The van der Waals surface area contributed by atoms with E-state index in [0.29, 0.717) is 11.4 Å². The molecule has 0 radical (unpaired) electrons. The van der Waals surface area contributed by atoms with Crippen LogP contribution in [0.5, 0.6) is 11.8 Å². The highest BCUT2D eigenvalue weighted by Gasteiger charge is 2.07. The molecule has 0 atom stereocenters. The van der Waals surface area contributed by atoms with Crippen molar-refractivity contribution in [2.24, 2.45) is 5.16 Å². The van der Waals surface area contributed by atoms with Gasteiger partial charge in [-0.1, -0.05) is 16.8 Å². The van der Waals surface area contributed by atoms with Crippen LogP contribution < -0.4 is 10.1 Å². The number of carbonyl (C=O) groups is 1. The summed E-state index contributed by atoms with van der Waals surface area (Å²) in [6.45, 7) is -0.323. The number of halogens is 2. The van der Waals surface area contributed by atoms with Gasteiger partial charge in [0, 0.05) is 12.4 Å². The summed E-state index contributed by atoms with van der Waals surface area (Å²) in [4.78, 5) is 24.7. The van der Waals surface area contributed by atoms with Crippen molar-refractivity contribution in [2.75, 3.05) is 11.9 Å². The van der Waals surface area contributed by atoms with Crippen LogP contribution in [0.2, 0.25) is 5.02 Å². The molecule has 0 unspecified atom stereocenters. The van der Waals surface area contributed by atoms with Gasteiger partial charge in [-0.3, -0.25) is 4.79 Å². The van der Waals surface area contributed by atoms with Crippen LogP contribution in [0.1, 0.15) is 5.56 Å². The van der Waals surface area contributed by atoms with Crippen molar-refractivity contribution < 1.29 is 18.8 Å². The second kappa shape index (κ2) is 9.43. The van der Waals surface area contributed by atoms with Crippen LogP contribution in [-0.4, -0.2) is 28.7 Å². The number of oxime groups is 1. The Balaban J connectivity index is 1.46. The number of nitrogens with one attached hydrogen (secondary N) is 1. The molecule has 2 aromatic carbocycles. The second-order valence-corrected chi connectivity index (χ2v) is 5.79. The van der Waals surface area contributed by atoms with E-state index < -0.39 is 11.7 Å². The largest absolute Gasteiger partial charge is 0.424 e. The molecule has 0 aliphatic heterocycles. The molecule has 0 saturated carbocycles. The Morgan fingerprint density at radius 3 is 2.64 bits per heavy atom. The topological polar surface area (TPSA) is 85.7 Å². The molecule has 1 aromatic heterocycles. The van der Waals surface area contributed by atoms with Gasteiger partial charge in [0.15, 0.2) is 6.61 Å². The number of nitrogens with zero attached hydrogens (tertiary/aromatic N) is 3. The summed E-state index contributed by atoms with van der Waals surface area (Å²) in [6.07, 6.45) is 4.61. The smallest absolute Gasteiger partial charge is 0.321 e. The zero-order valence-corrected chi connectivity index (χ0v) is 15.1. The molecule has 3 aromatic rings. The molecule has 1 N–H and O–H groups in total. The number of aromatic nitrogens is 2. The predicted molar refractivity (Wildman–Crippen MR) is 102 cm³/mol. The van der Waals surface area contributed by atoms with Gasteiger partial charge in [-0.15, -0.1) is 0 Å². The third-order valence-electron chi connectivity index (χ3n) is 3.31. The molecule has 0 saturated heterocycles. The lowest BCUT2D eigenvalue weighted by atomic mass is 10.2. The fourth-order valence-corrected chi connectivity index (χ4v) is 2.25. The average molecular weight is 401 g/mol. The number of benzene rings is 2. The van der Waals surface area contributed by atoms with Gasteiger partial charge in [0.1, 0.15) is 11.6 Å². The molecule has 142 valence electrons. The summed E-state index contributed by atoms with van der Waals surface area (Å²) in [5, 5.41) is 6.33. The maximum absolute atomic E-state index is 13.0. The van der Waals surface area contributed by atoms with Crippen LogP contribution >= 0.6 is 11.6 Å². The van der Waals surface area contributed by atoms with Gasteiger partial charge >= 0.3 is 6.01 Å². The lowest BCUT2D eigenvalue weighted by Crippen LogP contribution is -2.17. The molecule has 0 aliphatic rings. The number of rotatable bonds is 7. The Kier molecular flexibility index (Phi) is 6.48. The van der Waals surface area contributed by atoms with Gasteiger partial charge in [0.2, 0.25) is 0 Å². The summed E-state index contributed by atoms with van der Waals surface area (Å²) in [6, 6.07) is 12.6. The summed E-state index contributed by atoms with van der Waals surface area (Å²) >= 11 is 5.84.